The fourth-order valence-corrected chi connectivity index (χ4v) is 5.30. The van der Waals surface area contributed by atoms with Gasteiger partial charge in [-0.3, -0.25) is 0 Å². The number of benzene rings is 1. The monoisotopic (exact) mass is 580 g/mol. The number of hydrogen-bond donors (Lipinski definition) is 0. The van der Waals surface area contributed by atoms with E-state index < -0.39 is 17.7 Å². The SMILES string of the molecule is C=C/C=C/C1(C)CCN(c2c([C@H](OC(C)(C)C)C(=O)OC)c(C)nc3cc(-c4cccc(Br)c4)nn23)CC1. The van der Waals surface area contributed by atoms with E-state index in [0.717, 1.165) is 53.1 Å². The van der Waals surface area contributed by atoms with E-state index in [0.29, 0.717) is 11.3 Å². The van der Waals surface area contributed by atoms with Crippen LogP contribution in [0.1, 0.15) is 57.9 Å². The molecule has 0 unspecified atom stereocenters. The molecule has 1 aliphatic rings. The summed E-state index contributed by atoms with van der Waals surface area (Å²) in [7, 11) is 1.39. The summed E-state index contributed by atoms with van der Waals surface area (Å²) in [5, 5.41) is 5.01. The highest BCUT2D eigenvalue weighted by atomic mass is 79.9. The number of rotatable bonds is 7. The molecule has 38 heavy (non-hydrogen) atoms. The molecular formula is C30H37BrN4O3. The van der Waals surface area contributed by atoms with Gasteiger partial charge in [-0.15, -0.1) is 0 Å². The Morgan fingerprint density at radius 1 is 1.24 bits per heavy atom. The van der Waals surface area contributed by atoms with Crippen molar-refractivity contribution in [1.82, 2.24) is 14.6 Å². The summed E-state index contributed by atoms with van der Waals surface area (Å²) in [6.07, 6.45) is 7.04. The van der Waals surface area contributed by atoms with Crippen LogP contribution < -0.4 is 4.90 Å². The highest BCUT2D eigenvalue weighted by Crippen LogP contribution is 2.40. The molecule has 1 aromatic carbocycles. The number of hydrogen-bond acceptors (Lipinski definition) is 6. The maximum absolute atomic E-state index is 13.2. The number of methoxy groups -OCH3 is 1. The molecule has 1 fully saturated rings. The Morgan fingerprint density at radius 3 is 2.55 bits per heavy atom. The minimum atomic E-state index is -0.945. The summed E-state index contributed by atoms with van der Waals surface area (Å²) in [5.74, 6) is 0.365. The zero-order valence-electron chi connectivity index (χ0n) is 23.1. The van der Waals surface area contributed by atoms with Crippen molar-refractivity contribution in [2.24, 2.45) is 5.41 Å². The third kappa shape index (κ3) is 6.02. The number of fused-ring (bicyclic) bond motifs is 1. The van der Waals surface area contributed by atoms with Crippen molar-refractivity contribution in [2.45, 2.75) is 59.2 Å². The van der Waals surface area contributed by atoms with Crippen LogP contribution in [-0.2, 0) is 14.3 Å². The van der Waals surface area contributed by atoms with Crippen LogP contribution in [0.15, 0.2) is 59.6 Å². The molecule has 1 atom stereocenters. The predicted octanol–water partition coefficient (Wildman–Crippen LogP) is 6.85. The molecule has 0 saturated carbocycles. The van der Waals surface area contributed by atoms with Gasteiger partial charge >= 0.3 is 5.97 Å². The van der Waals surface area contributed by atoms with E-state index in [4.69, 9.17) is 19.6 Å². The molecule has 1 saturated heterocycles. The van der Waals surface area contributed by atoms with Crippen LogP contribution in [0.2, 0.25) is 0 Å². The average Bonchev–Trinajstić information content (AvgIpc) is 3.29. The van der Waals surface area contributed by atoms with Crippen LogP contribution in [0.25, 0.3) is 16.9 Å². The number of carbonyl (C=O) groups is 1. The van der Waals surface area contributed by atoms with Gasteiger partial charge in [0.1, 0.15) is 5.82 Å². The van der Waals surface area contributed by atoms with Gasteiger partial charge in [0.15, 0.2) is 11.8 Å². The highest BCUT2D eigenvalue weighted by molar-refractivity contribution is 9.10. The van der Waals surface area contributed by atoms with E-state index >= 15 is 0 Å². The lowest BCUT2D eigenvalue weighted by molar-refractivity contribution is -0.164. The van der Waals surface area contributed by atoms with Crippen LogP contribution >= 0.6 is 15.9 Å². The van der Waals surface area contributed by atoms with Gasteiger partial charge in [-0.05, 0) is 58.1 Å². The number of carbonyl (C=O) groups excluding carboxylic acids is 1. The number of nitrogens with zero attached hydrogens (tertiary/aromatic N) is 4. The fraction of sp³-hybridized carbons (Fsp3) is 0.433. The third-order valence-electron chi connectivity index (χ3n) is 6.91. The number of anilines is 1. The van der Waals surface area contributed by atoms with Gasteiger partial charge in [0.05, 0.1) is 24.0 Å². The van der Waals surface area contributed by atoms with Crippen molar-refractivity contribution in [1.29, 1.82) is 0 Å². The van der Waals surface area contributed by atoms with Gasteiger partial charge in [0.2, 0.25) is 0 Å². The quantitative estimate of drug-likeness (QED) is 0.225. The Labute approximate surface area is 233 Å². The Kier molecular flexibility index (Phi) is 8.14. The normalized spacial score (nSPS) is 16.7. The molecule has 3 aromatic rings. The summed E-state index contributed by atoms with van der Waals surface area (Å²) < 4.78 is 14.4. The summed E-state index contributed by atoms with van der Waals surface area (Å²) >= 11 is 3.56. The maximum atomic E-state index is 13.2. The number of halogens is 1. The first kappa shape index (κ1) is 28.0. The van der Waals surface area contributed by atoms with Crippen molar-refractivity contribution >= 4 is 33.4 Å². The van der Waals surface area contributed by atoms with Crippen molar-refractivity contribution in [3.63, 3.8) is 0 Å². The molecule has 0 amide bonds. The van der Waals surface area contributed by atoms with Gasteiger partial charge in [0, 0.05) is 34.9 Å². The summed E-state index contributed by atoms with van der Waals surface area (Å²) in [6.45, 7) is 15.4. The van der Waals surface area contributed by atoms with Crippen molar-refractivity contribution in [3.8, 4) is 11.3 Å². The lowest BCUT2D eigenvalue weighted by Gasteiger charge is -2.40. The summed E-state index contributed by atoms with van der Waals surface area (Å²) in [4.78, 5) is 20.3. The first-order chi connectivity index (χ1) is 17.9. The molecule has 202 valence electrons. The number of piperidine rings is 1. The van der Waals surface area contributed by atoms with Crippen molar-refractivity contribution < 1.29 is 14.3 Å². The number of ether oxygens (including phenoxy) is 2. The van der Waals surface area contributed by atoms with Crippen molar-refractivity contribution in [3.05, 3.63) is 70.9 Å². The number of aromatic nitrogens is 3. The van der Waals surface area contributed by atoms with Crippen LogP contribution in [0.3, 0.4) is 0 Å². The lowest BCUT2D eigenvalue weighted by atomic mass is 9.80. The van der Waals surface area contributed by atoms with Crippen LogP contribution in [0.5, 0.6) is 0 Å². The first-order valence-electron chi connectivity index (χ1n) is 12.9. The highest BCUT2D eigenvalue weighted by Gasteiger charge is 2.37. The van der Waals surface area contributed by atoms with E-state index in [-0.39, 0.29) is 5.41 Å². The van der Waals surface area contributed by atoms with Gasteiger partial charge < -0.3 is 14.4 Å². The summed E-state index contributed by atoms with van der Waals surface area (Å²) in [5.41, 5.74) is 3.39. The van der Waals surface area contributed by atoms with Gasteiger partial charge in [-0.2, -0.15) is 9.61 Å². The fourth-order valence-electron chi connectivity index (χ4n) is 4.90. The van der Waals surface area contributed by atoms with Gasteiger partial charge in [0.25, 0.3) is 0 Å². The molecular weight excluding hydrogens is 544 g/mol. The molecule has 1 aliphatic heterocycles. The second-order valence-electron chi connectivity index (χ2n) is 11.1. The molecule has 0 N–H and O–H groups in total. The van der Waals surface area contributed by atoms with Gasteiger partial charge in [-0.25, -0.2) is 9.78 Å². The third-order valence-corrected chi connectivity index (χ3v) is 7.41. The predicted molar refractivity (Wildman–Crippen MR) is 155 cm³/mol. The molecule has 0 radical (unpaired) electrons. The van der Waals surface area contributed by atoms with E-state index in [9.17, 15) is 4.79 Å². The Morgan fingerprint density at radius 2 is 1.95 bits per heavy atom. The van der Waals surface area contributed by atoms with Crippen LogP contribution in [0.4, 0.5) is 5.82 Å². The topological polar surface area (TPSA) is 69.0 Å². The minimum Gasteiger partial charge on any atom is -0.467 e. The van der Waals surface area contributed by atoms with Crippen LogP contribution in [-0.4, -0.2) is 46.4 Å². The molecule has 8 heteroatoms. The minimum absolute atomic E-state index is 0.0707. The lowest BCUT2D eigenvalue weighted by Crippen LogP contribution is -2.40. The van der Waals surface area contributed by atoms with Crippen molar-refractivity contribution in [2.75, 3.05) is 25.1 Å². The van der Waals surface area contributed by atoms with E-state index in [1.54, 1.807) is 0 Å². The second kappa shape index (κ2) is 11.0. The maximum Gasteiger partial charge on any atom is 0.339 e. The van der Waals surface area contributed by atoms with E-state index in [2.05, 4.69) is 40.4 Å². The molecule has 2 aromatic heterocycles. The number of aryl methyl sites for hydroxylation is 1. The molecule has 0 aliphatic carbocycles. The Balaban J connectivity index is 1.91. The molecule has 0 spiro atoms. The largest absolute Gasteiger partial charge is 0.467 e. The Bertz CT molecular complexity index is 1360. The second-order valence-corrected chi connectivity index (χ2v) is 12.0. The molecule has 7 nitrogen and oxygen atoms in total. The smallest absolute Gasteiger partial charge is 0.339 e. The molecule has 4 rings (SSSR count). The first-order valence-corrected chi connectivity index (χ1v) is 13.7. The van der Waals surface area contributed by atoms with Crippen LogP contribution in [0, 0.1) is 12.3 Å². The Hall–Kier alpha value is -2.97. The number of allylic oxidation sites excluding steroid dienone is 3. The zero-order valence-corrected chi connectivity index (χ0v) is 24.7. The zero-order chi connectivity index (χ0) is 27.7. The summed E-state index contributed by atoms with van der Waals surface area (Å²) in [6, 6.07) is 10.0. The van der Waals surface area contributed by atoms with Gasteiger partial charge in [-0.1, -0.05) is 59.8 Å². The molecule has 3 heterocycles. The number of esters is 1. The standard InChI is InChI=1S/C30H37BrN4O3/c1-8-9-13-30(6)14-16-34(17-15-30)27-25(26(28(36)37-7)38-29(3,4)5)20(2)32-24-19-23(33-35(24)27)21-11-10-12-22(31)18-21/h8-13,18-19,26H,1,14-17H2,2-7H3/b13-9+/t26-/m0/s1. The van der Waals surface area contributed by atoms with E-state index in [1.165, 1.54) is 7.11 Å². The molecule has 0 bridgehead atoms. The van der Waals surface area contributed by atoms with E-state index in [1.807, 2.05) is 74.7 Å². The average molecular weight is 582 g/mol.